The molecule has 0 saturated heterocycles. The lowest BCUT2D eigenvalue weighted by Gasteiger charge is -2.09. The van der Waals surface area contributed by atoms with Gasteiger partial charge in [-0.3, -0.25) is 4.98 Å². The van der Waals surface area contributed by atoms with Crippen molar-refractivity contribution < 1.29 is 9.50 Å². The van der Waals surface area contributed by atoms with E-state index < -0.39 is 5.82 Å². The van der Waals surface area contributed by atoms with Crippen LogP contribution >= 0.6 is 0 Å². The van der Waals surface area contributed by atoms with E-state index in [-0.39, 0.29) is 5.75 Å². The molecule has 0 saturated carbocycles. The molecule has 2 nitrogen and oxygen atoms in total. The van der Waals surface area contributed by atoms with E-state index >= 15 is 0 Å². The van der Waals surface area contributed by atoms with Crippen LogP contribution in [-0.4, -0.2) is 10.1 Å². The van der Waals surface area contributed by atoms with E-state index in [4.69, 9.17) is 0 Å². The van der Waals surface area contributed by atoms with Crippen LogP contribution in [0, 0.1) is 5.82 Å². The summed E-state index contributed by atoms with van der Waals surface area (Å²) in [6.07, 6.45) is 11.6. The van der Waals surface area contributed by atoms with E-state index in [0.29, 0.717) is 0 Å². The van der Waals surface area contributed by atoms with Crippen LogP contribution in [0.4, 0.5) is 4.39 Å². The lowest BCUT2D eigenvalue weighted by atomic mass is 10.00. The number of aromatic nitrogens is 1. The largest absolute Gasteiger partial charge is 0.505 e. The van der Waals surface area contributed by atoms with Crippen LogP contribution in [0.5, 0.6) is 5.75 Å². The summed E-state index contributed by atoms with van der Waals surface area (Å²) in [6, 6.07) is 8.44. The zero-order valence-corrected chi connectivity index (χ0v) is 13.9. The Morgan fingerprint density at radius 3 is 2.48 bits per heavy atom. The monoisotopic (exact) mass is 315 g/mol. The fourth-order valence-corrected chi connectivity index (χ4v) is 2.83. The number of rotatable bonds is 9. The van der Waals surface area contributed by atoms with Crippen LogP contribution in [0.3, 0.4) is 0 Å². The third-order valence-corrected chi connectivity index (χ3v) is 4.16. The van der Waals surface area contributed by atoms with Crippen molar-refractivity contribution >= 4 is 0 Å². The molecule has 23 heavy (non-hydrogen) atoms. The van der Waals surface area contributed by atoms with Crippen molar-refractivity contribution in [1.82, 2.24) is 4.98 Å². The Kier molecular flexibility index (Phi) is 7.05. The molecule has 0 amide bonds. The van der Waals surface area contributed by atoms with Crippen molar-refractivity contribution in [3.8, 4) is 17.0 Å². The van der Waals surface area contributed by atoms with Crippen molar-refractivity contribution in [3.05, 3.63) is 47.9 Å². The van der Waals surface area contributed by atoms with Crippen molar-refractivity contribution in [2.75, 3.05) is 0 Å². The van der Waals surface area contributed by atoms with E-state index in [1.165, 1.54) is 50.7 Å². The molecule has 0 bridgehead atoms. The minimum Gasteiger partial charge on any atom is -0.505 e. The van der Waals surface area contributed by atoms with Gasteiger partial charge in [0.25, 0.3) is 0 Å². The zero-order chi connectivity index (χ0) is 16.5. The highest BCUT2D eigenvalue weighted by Gasteiger charge is 2.09. The van der Waals surface area contributed by atoms with E-state index in [0.717, 1.165) is 29.7 Å². The molecule has 0 unspecified atom stereocenters. The Balaban J connectivity index is 1.94. The molecule has 0 aliphatic carbocycles. The molecule has 0 aliphatic heterocycles. The van der Waals surface area contributed by atoms with E-state index in [1.54, 1.807) is 12.3 Å². The second-order valence-corrected chi connectivity index (χ2v) is 6.05. The molecule has 2 rings (SSSR count). The number of aryl methyl sites for hydroxylation is 1. The Morgan fingerprint density at radius 1 is 1.00 bits per heavy atom. The molecule has 1 N–H and O–H groups in total. The fourth-order valence-electron chi connectivity index (χ4n) is 2.83. The topological polar surface area (TPSA) is 33.1 Å². The molecule has 0 atom stereocenters. The van der Waals surface area contributed by atoms with Gasteiger partial charge in [-0.05, 0) is 42.7 Å². The number of halogens is 1. The van der Waals surface area contributed by atoms with Crippen LogP contribution in [0.1, 0.15) is 57.4 Å². The summed E-state index contributed by atoms with van der Waals surface area (Å²) in [6.45, 7) is 2.23. The molecule has 0 fully saturated rings. The van der Waals surface area contributed by atoms with Gasteiger partial charge in [0.15, 0.2) is 11.6 Å². The summed E-state index contributed by atoms with van der Waals surface area (Å²) in [5.74, 6) is -0.923. The number of phenolic OH excluding ortho intramolecular Hbond substituents is 1. The van der Waals surface area contributed by atoms with Crippen molar-refractivity contribution in [2.24, 2.45) is 0 Å². The number of phenols is 1. The predicted molar refractivity (Wildman–Crippen MR) is 93.0 cm³/mol. The maximum atomic E-state index is 13.6. The third-order valence-electron chi connectivity index (χ3n) is 4.16. The van der Waals surface area contributed by atoms with Gasteiger partial charge >= 0.3 is 0 Å². The van der Waals surface area contributed by atoms with Crippen LogP contribution in [0.2, 0.25) is 0 Å². The molecular formula is C20H26FNO. The van der Waals surface area contributed by atoms with Crippen molar-refractivity contribution in [3.63, 3.8) is 0 Å². The Hall–Kier alpha value is -1.90. The van der Waals surface area contributed by atoms with Crippen molar-refractivity contribution in [2.45, 2.75) is 58.3 Å². The highest BCUT2D eigenvalue weighted by Crippen LogP contribution is 2.26. The maximum absolute atomic E-state index is 13.6. The molecule has 1 aromatic carbocycles. The van der Waals surface area contributed by atoms with Crippen LogP contribution < -0.4 is 0 Å². The maximum Gasteiger partial charge on any atom is 0.165 e. The van der Waals surface area contributed by atoms with Crippen LogP contribution in [0.15, 0.2) is 36.5 Å². The molecule has 3 heteroatoms. The highest BCUT2D eigenvalue weighted by molar-refractivity contribution is 5.63. The summed E-state index contributed by atoms with van der Waals surface area (Å²) >= 11 is 0. The predicted octanol–water partition coefficient (Wildman–Crippen LogP) is 5.89. The number of benzene rings is 1. The molecule has 0 radical (unpaired) electrons. The van der Waals surface area contributed by atoms with Crippen molar-refractivity contribution in [1.29, 1.82) is 0 Å². The molecular weight excluding hydrogens is 289 g/mol. The van der Waals surface area contributed by atoms with Gasteiger partial charge in [-0.2, -0.15) is 0 Å². The molecule has 2 aromatic rings. The van der Waals surface area contributed by atoms with Gasteiger partial charge in [-0.15, -0.1) is 0 Å². The lowest BCUT2D eigenvalue weighted by Crippen LogP contribution is -1.94. The highest BCUT2D eigenvalue weighted by atomic mass is 19.1. The molecule has 124 valence electrons. The molecule has 1 aromatic heterocycles. The van der Waals surface area contributed by atoms with Gasteiger partial charge < -0.3 is 5.11 Å². The number of nitrogens with zero attached hydrogens (tertiary/aromatic N) is 1. The first-order chi connectivity index (χ1) is 11.2. The first kappa shape index (κ1) is 17.5. The quantitative estimate of drug-likeness (QED) is 0.586. The second kappa shape index (κ2) is 9.29. The Bertz CT molecular complexity index is 612. The number of pyridine rings is 1. The summed E-state index contributed by atoms with van der Waals surface area (Å²) in [7, 11) is 0. The van der Waals surface area contributed by atoms with E-state index in [9.17, 15) is 9.50 Å². The molecule has 0 spiro atoms. The van der Waals surface area contributed by atoms with Crippen LogP contribution in [-0.2, 0) is 6.42 Å². The summed E-state index contributed by atoms with van der Waals surface area (Å²) in [5, 5.41) is 9.33. The first-order valence-electron chi connectivity index (χ1n) is 8.65. The molecule has 0 aliphatic rings. The first-order valence-corrected chi connectivity index (χ1v) is 8.65. The summed E-state index contributed by atoms with van der Waals surface area (Å²) < 4.78 is 13.6. The Morgan fingerprint density at radius 2 is 1.74 bits per heavy atom. The van der Waals surface area contributed by atoms with Crippen LogP contribution in [0.25, 0.3) is 11.3 Å². The minimum absolute atomic E-state index is 0.321. The third kappa shape index (κ3) is 5.34. The fraction of sp³-hybridized carbons (Fsp3) is 0.450. The van der Waals surface area contributed by atoms with Gasteiger partial charge in [0.1, 0.15) is 0 Å². The molecule has 1 heterocycles. The number of hydrogen-bond donors (Lipinski definition) is 1. The number of unbranched alkanes of at least 4 members (excludes halogenated alkanes) is 6. The normalized spacial score (nSPS) is 10.9. The van der Waals surface area contributed by atoms with Gasteiger partial charge in [0.2, 0.25) is 0 Å². The van der Waals surface area contributed by atoms with Gasteiger partial charge in [0.05, 0.1) is 5.69 Å². The zero-order valence-electron chi connectivity index (χ0n) is 13.9. The summed E-state index contributed by atoms with van der Waals surface area (Å²) in [5.41, 5.74) is 2.68. The number of aromatic hydroxyl groups is 1. The Labute approximate surface area is 138 Å². The average Bonchev–Trinajstić information content (AvgIpc) is 2.57. The van der Waals surface area contributed by atoms with E-state index in [2.05, 4.69) is 18.0 Å². The van der Waals surface area contributed by atoms with Gasteiger partial charge in [-0.25, -0.2) is 4.39 Å². The summed E-state index contributed by atoms with van der Waals surface area (Å²) in [4.78, 5) is 4.41. The van der Waals surface area contributed by atoms with E-state index in [1.807, 2.05) is 6.07 Å². The standard InChI is InChI=1S/C20H26FNO/c1-2-3-4-5-6-7-8-10-16-11-9-14-22-20(16)17-12-13-19(23)18(21)15-17/h9,11-15,23H,2-8,10H2,1H3. The van der Waals surface area contributed by atoms with Gasteiger partial charge in [0, 0.05) is 11.8 Å². The smallest absolute Gasteiger partial charge is 0.165 e. The minimum atomic E-state index is -0.602. The average molecular weight is 315 g/mol. The van der Waals surface area contributed by atoms with Gasteiger partial charge in [-0.1, -0.05) is 51.5 Å². The number of hydrogen-bond acceptors (Lipinski definition) is 2. The SMILES string of the molecule is CCCCCCCCCc1cccnc1-c1ccc(O)c(F)c1. The lowest BCUT2D eigenvalue weighted by molar-refractivity contribution is 0.432. The second-order valence-electron chi connectivity index (χ2n) is 6.05.